The van der Waals surface area contributed by atoms with E-state index >= 15 is 0 Å². The zero-order valence-corrected chi connectivity index (χ0v) is 10.4. The number of carbonyl (C=O) groups is 1. The topological polar surface area (TPSA) is 53.4 Å². The molecule has 0 aromatic carbocycles. The summed E-state index contributed by atoms with van der Waals surface area (Å²) in [5.41, 5.74) is 0.380. The molecule has 1 aliphatic carbocycles. The maximum Gasteiger partial charge on any atom is 0.257 e. The van der Waals surface area contributed by atoms with Gasteiger partial charge in [-0.1, -0.05) is 6.42 Å². The summed E-state index contributed by atoms with van der Waals surface area (Å²) in [6.07, 6.45) is 7.94. The minimum atomic E-state index is -0.0495. The van der Waals surface area contributed by atoms with Crippen LogP contribution < -0.4 is 0 Å². The normalized spacial score (nSPS) is 27.0. The van der Waals surface area contributed by atoms with Crippen molar-refractivity contribution in [3.63, 3.8) is 0 Å². The highest BCUT2D eigenvalue weighted by molar-refractivity contribution is 5.96. The molecule has 2 aliphatic rings. The third kappa shape index (κ3) is 2.07. The highest BCUT2D eigenvalue weighted by Gasteiger charge is 2.33. The molecule has 0 spiro atoms. The predicted molar refractivity (Wildman–Crippen MR) is 67.3 cm³/mol. The molecule has 1 aliphatic heterocycles. The first kappa shape index (κ1) is 11.5. The number of carbonyl (C=O) groups excluding carboxylic acids is 1. The number of likely N-dealkylation sites (tertiary alicyclic amines) is 1. The van der Waals surface area contributed by atoms with Crippen molar-refractivity contribution in [2.24, 2.45) is 11.8 Å². The van der Waals surface area contributed by atoms with Crippen molar-refractivity contribution in [2.45, 2.75) is 25.7 Å². The first-order chi connectivity index (χ1) is 8.74. The Kier molecular flexibility index (Phi) is 2.94. The lowest BCUT2D eigenvalue weighted by Gasteiger charge is -2.41. The van der Waals surface area contributed by atoms with E-state index < -0.39 is 0 Å². The zero-order valence-electron chi connectivity index (χ0n) is 10.4. The van der Waals surface area contributed by atoms with Crippen LogP contribution >= 0.6 is 0 Å². The fourth-order valence-corrected chi connectivity index (χ4v) is 3.33. The molecule has 2 bridgehead atoms. The van der Waals surface area contributed by atoms with E-state index in [9.17, 15) is 9.90 Å². The Morgan fingerprint density at radius 3 is 2.72 bits per heavy atom. The number of hydrogen-bond acceptors (Lipinski definition) is 3. The van der Waals surface area contributed by atoms with Gasteiger partial charge in [-0.15, -0.1) is 0 Å². The van der Waals surface area contributed by atoms with Crippen LogP contribution in [0.5, 0.6) is 5.75 Å². The Morgan fingerprint density at radius 2 is 2.06 bits per heavy atom. The van der Waals surface area contributed by atoms with Crippen molar-refractivity contribution in [3.05, 3.63) is 24.0 Å². The SMILES string of the molecule is O=C(c1ccncc1O)N1CC2CCCC(C2)C1. The van der Waals surface area contributed by atoms with Gasteiger partial charge in [0.2, 0.25) is 0 Å². The zero-order chi connectivity index (χ0) is 12.5. The van der Waals surface area contributed by atoms with E-state index in [1.165, 1.54) is 31.9 Å². The van der Waals surface area contributed by atoms with Crippen LogP contribution in [0.3, 0.4) is 0 Å². The molecule has 1 amide bonds. The molecule has 18 heavy (non-hydrogen) atoms. The van der Waals surface area contributed by atoms with E-state index in [4.69, 9.17) is 0 Å². The van der Waals surface area contributed by atoms with Crippen LogP contribution in [0.2, 0.25) is 0 Å². The number of hydrogen-bond donors (Lipinski definition) is 1. The first-order valence-corrected chi connectivity index (χ1v) is 6.66. The highest BCUT2D eigenvalue weighted by Crippen LogP contribution is 2.35. The number of aromatic hydroxyl groups is 1. The molecule has 2 unspecified atom stereocenters. The lowest BCUT2D eigenvalue weighted by Crippen LogP contribution is -2.45. The van der Waals surface area contributed by atoms with Crippen LogP contribution in [0.4, 0.5) is 0 Å². The Bertz CT molecular complexity index is 449. The highest BCUT2D eigenvalue weighted by atomic mass is 16.3. The van der Waals surface area contributed by atoms with E-state index in [1.54, 1.807) is 12.3 Å². The fraction of sp³-hybridized carbons (Fsp3) is 0.571. The summed E-state index contributed by atoms with van der Waals surface area (Å²) in [5.74, 6) is 1.25. The van der Waals surface area contributed by atoms with Gasteiger partial charge in [0.15, 0.2) is 0 Å². The van der Waals surface area contributed by atoms with Crippen molar-refractivity contribution in [2.75, 3.05) is 13.1 Å². The van der Waals surface area contributed by atoms with E-state index in [0.29, 0.717) is 17.4 Å². The monoisotopic (exact) mass is 246 g/mol. The molecule has 1 saturated heterocycles. The standard InChI is InChI=1S/C14H18N2O2/c17-13-7-15-5-4-12(13)14(18)16-8-10-2-1-3-11(6-10)9-16/h4-5,7,10-11,17H,1-3,6,8-9H2. The molecule has 0 radical (unpaired) electrons. The smallest absolute Gasteiger partial charge is 0.257 e. The van der Waals surface area contributed by atoms with Crippen LogP contribution in [-0.4, -0.2) is 34.0 Å². The molecule has 2 fully saturated rings. The van der Waals surface area contributed by atoms with Crippen LogP contribution in [0.1, 0.15) is 36.0 Å². The number of amides is 1. The quantitative estimate of drug-likeness (QED) is 0.825. The second kappa shape index (κ2) is 4.59. The summed E-state index contributed by atoms with van der Waals surface area (Å²) >= 11 is 0. The minimum Gasteiger partial charge on any atom is -0.505 e. The van der Waals surface area contributed by atoms with E-state index in [1.807, 2.05) is 4.90 Å². The van der Waals surface area contributed by atoms with Gasteiger partial charge in [-0.05, 0) is 37.2 Å². The molecular formula is C14H18N2O2. The summed E-state index contributed by atoms with van der Waals surface area (Å²) in [6.45, 7) is 1.69. The fourth-order valence-electron chi connectivity index (χ4n) is 3.33. The first-order valence-electron chi connectivity index (χ1n) is 6.66. The van der Waals surface area contributed by atoms with Gasteiger partial charge in [0.05, 0.1) is 11.8 Å². The summed E-state index contributed by atoms with van der Waals surface area (Å²) in [4.78, 5) is 18.1. The molecule has 1 N–H and O–H groups in total. The van der Waals surface area contributed by atoms with Crippen LogP contribution in [-0.2, 0) is 0 Å². The Balaban J connectivity index is 1.79. The number of pyridine rings is 1. The third-order valence-corrected chi connectivity index (χ3v) is 4.17. The Hall–Kier alpha value is -1.58. The number of fused-ring (bicyclic) bond motifs is 2. The van der Waals surface area contributed by atoms with Gasteiger partial charge < -0.3 is 10.0 Å². The van der Waals surface area contributed by atoms with Gasteiger partial charge in [0, 0.05) is 19.3 Å². The second-order valence-corrected chi connectivity index (χ2v) is 5.50. The Labute approximate surface area is 107 Å². The lowest BCUT2D eigenvalue weighted by atomic mass is 9.78. The average Bonchev–Trinajstić information content (AvgIpc) is 2.38. The summed E-state index contributed by atoms with van der Waals surface area (Å²) in [5, 5.41) is 9.70. The third-order valence-electron chi connectivity index (χ3n) is 4.17. The van der Waals surface area contributed by atoms with Crippen molar-refractivity contribution in [3.8, 4) is 5.75 Å². The summed E-state index contributed by atoms with van der Waals surface area (Å²) in [7, 11) is 0. The van der Waals surface area contributed by atoms with E-state index in [-0.39, 0.29) is 11.7 Å². The molecule has 4 heteroatoms. The van der Waals surface area contributed by atoms with Crippen molar-refractivity contribution in [1.82, 2.24) is 9.88 Å². The molecule has 2 atom stereocenters. The van der Waals surface area contributed by atoms with Crippen LogP contribution in [0, 0.1) is 11.8 Å². The summed E-state index contributed by atoms with van der Waals surface area (Å²) in [6, 6.07) is 1.60. The molecule has 4 nitrogen and oxygen atoms in total. The van der Waals surface area contributed by atoms with Gasteiger partial charge >= 0.3 is 0 Å². The summed E-state index contributed by atoms with van der Waals surface area (Å²) < 4.78 is 0. The van der Waals surface area contributed by atoms with Gasteiger partial charge in [-0.3, -0.25) is 9.78 Å². The van der Waals surface area contributed by atoms with Gasteiger partial charge in [0.1, 0.15) is 5.75 Å². The average molecular weight is 246 g/mol. The van der Waals surface area contributed by atoms with E-state index in [2.05, 4.69) is 4.98 Å². The molecule has 96 valence electrons. The number of aromatic nitrogens is 1. The lowest BCUT2D eigenvalue weighted by molar-refractivity contribution is 0.0501. The van der Waals surface area contributed by atoms with Gasteiger partial charge in [-0.2, -0.15) is 0 Å². The molecular weight excluding hydrogens is 228 g/mol. The maximum atomic E-state index is 12.4. The molecule has 1 saturated carbocycles. The van der Waals surface area contributed by atoms with Gasteiger partial charge in [0.25, 0.3) is 5.91 Å². The number of piperidine rings is 1. The molecule has 2 heterocycles. The predicted octanol–water partition coefficient (Wildman–Crippen LogP) is 2.05. The van der Waals surface area contributed by atoms with Crippen molar-refractivity contribution in [1.29, 1.82) is 0 Å². The largest absolute Gasteiger partial charge is 0.505 e. The second-order valence-electron chi connectivity index (χ2n) is 5.50. The molecule has 1 aromatic heterocycles. The number of nitrogens with zero attached hydrogens (tertiary/aromatic N) is 2. The Morgan fingerprint density at radius 1 is 1.33 bits per heavy atom. The van der Waals surface area contributed by atoms with Crippen molar-refractivity contribution < 1.29 is 9.90 Å². The maximum absolute atomic E-state index is 12.4. The van der Waals surface area contributed by atoms with Gasteiger partial charge in [-0.25, -0.2) is 0 Å². The van der Waals surface area contributed by atoms with Crippen LogP contribution in [0.25, 0.3) is 0 Å². The number of rotatable bonds is 1. The van der Waals surface area contributed by atoms with E-state index in [0.717, 1.165) is 13.1 Å². The minimum absolute atomic E-state index is 0.0155. The van der Waals surface area contributed by atoms with Crippen LogP contribution in [0.15, 0.2) is 18.5 Å². The van der Waals surface area contributed by atoms with Crippen molar-refractivity contribution >= 4 is 5.91 Å². The molecule has 1 aromatic rings. The molecule has 3 rings (SSSR count).